The highest BCUT2D eigenvalue weighted by Gasteiger charge is 2.26. The van der Waals surface area contributed by atoms with E-state index in [1.807, 2.05) is 57.2 Å². The number of ether oxygens (including phenoxy) is 2. The molecule has 1 aliphatic rings. The molecule has 0 unspecified atom stereocenters. The van der Waals surface area contributed by atoms with E-state index in [1.165, 1.54) is 7.11 Å². The molecule has 1 saturated heterocycles. The highest BCUT2D eigenvalue weighted by molar-refractivity contribution is 6.31. The molecular weight excluding hydrogens is 544 g/mol. The van der Waals surface area contributed by atoms with Gasteiger partial charge in [-0.05, 0) is 80.9 Å². The van der Waals surface area contributed by atoms with E-state index in [-0.39, 0.29) is 18.3 Å². The van der Waals surface area contributed by atoms with Crippen molar-refractivity contribution >= 4 is 40.4 Å². The van der Waals surface area contributed by atoms with E-state index in [0.717, 1.165) is 16.8 Å². The summed E-state index contributed by atoms with van der Waals surface area (Å²) >= 11 is 6.35. The number of fused-ring (bicyclic) bond motifs is 1. The fourth-order valence-corrected chi connectivity index (χ4v) is 5.18. The van der Waals surface area contributed by atoms with Crippen molar-refractivity contribution in [3.05, 3.63) is 93.4 Å². The Balaban J connectivity index is 1.40. The average Bonchev–Trinajstić information content (AvgIpc) is 3.21. The minimum Gasteiger partial charge on any atom is -0.465 e. The molecule has 1 aliphatic heterocycles. The van der Waals surface area contributed by atoms with Crippen LogP contribution in [-0.2, 0) is 16.0 Å². The number of nitrogens with zero attached hydrogens (tertiary/aromatic N) is 4. The van der Waals surface area contributed by atoms with Crippen molar-refractivity contribution in [3.63, 3.8) is 0 Å². The molecule has 0 saturated carbocycles. The number of carbonyl (C=O) groups is 2. The van der Waals surface area contributed by atoms with Crippen LogP contribution in [0.2, 0.25) is 5.02 Å². The second-order valence-electron chi connectivity index (χ2n) is 11.0. The third kappa shape index (κ3) is 6.10. The van der Waals surface area contributed by atoms with Gasteiger partial charge in [-0.25, -0.2) is 14.4 Å². The van der Waals surface area contributed by atoms with E-state index in [2.05, 4.69) is 4.90 Å². The predicted octanol–water partition coefficient (Wildman–Crippen LogP) is 5.34. The molecule has 4 aromatic rings. The number of halogens is 1. The zero-order chi connectivity index (χ0) is 29.3. The molecule has 0 aliphatic carbocycles. The number of imidazole rings is 1. The lowest BCUT2D eigenvalue weighted by molar-refractivity contribution is 0.0240. The van der Waals surface area contributed by atoms with Gasteiger partial charge in [0.15, 0.2) is 0 Å². The molecule has 5 rings (SSSR count). The van der Waals surface area contributed by atoms with Gasteiger partial charge < -0.3 is 19.3 Å². The Bertz CT molecular complexity index is 1640. The first-order valence-corrected chi connectivity index (χ1v) is 13.8. The molecule has 41 heavy (non-hydrogen) atoms. The standard InChI is InChI=1S/C31H33ClN4O5/c1-31(2,3)41-30(39)34-16-14-33(15-17-34)24-9-11-25(12-10-24)36-27-19-23(32)8-13-26(27)35(29(36)38)20-21-6-5-7-22(18-21)28(37)40-4/h5-13,18-19H,14-17,20H2,1-4H3. The highest BCUT2D eigenvalue weighted by Crippen LogP contribution is 2.25. The summed E-state index contributed by atoms with van der Waals surface area (Å²) in [7, 11) is 1.34. The fourth-order valence-electron chi connectivity index (χ4n) is 5.02. The fraction of sp³-hybridized carbons (Fsp3) is 0.323. The maximum Gasteiger partial charge on any atom is 0.410 e. The van der Waals surface area contributed by atoms with Crippen molar-refractivity contribution in [2.45, 2.75) is 32.9 Å². The summed E-state index contributed by atoms with van der Waals surface area (Å²) in [5, 5.41) is 0.524. The first-order valence-electron chi connectivity index (χ1n) is 13.5. The molecule has 0 atom stereocenters. The van der Waals surface area contributed by atoms with Crippen LogP contribution in [0.4, 0.5) is 10.5 Å². The van der Waals surface area contributed by atoms with Crippen LogP contribution in [0.3, 0.4) is 0 Å². The van der Waals surface area contributed by atoms with Crippen molar-refractivity contribution in [2.75, 3.05) is 38.2 Å². The lowest BCUT2D eigenvalue weighted by atomic mass is 10.1. The van der Waals surface area contributed by atoms with E-state index >= 15 is 0 Å². The summed E-state index contributed by atoms with van der Waals surface area (Å²) < 4.78 is 13.7. The Morgan fingerprint density at radius 1 is 0.878 bits per heavy atom. The molecule has 1 fully saturated rings. The lowest BCUT2D eigenvalue weighted by Crippen LogP contribution is -2.50. The number of amides is 1. The number of hydrogen-bond donors (Lipinski definition) is 0. The lowest BCUT2D eigenvalue weighted by Gasteiger charge is -2.36. The SMILES string of the molecule is COC(=O)c1cccc(Cn2c(=O)n(-c3ccc(N4CCN(C(=O)OC(C)(C)C)CC4)cc3)c3cc(Cl)ccc32)c1. The van der Waals surface area contributed by atoms with Crippen LogP contribution in [-0.4, -0.2) is 65.0 Å². The van der Waals surface area contributed by atoms with Gasteiger partial charge >= 0.3 is 17.8 Å². The van der Waals surface area contributed by atoms with Crippen LogP contribution in [0.1, 0.15) is 36.7 Å². The van der Waals surface area contributed by atoms with Gasteiger partial charge in [-0.1, -0.05) is 23.7 Å². The summed E-state index contributed by atoms with van der Waals surface area (Å²) in [6.07, 6.45) is -0.293. The van der Waals surface area contributed by atoms with E-state index in [0.29, 0.717) is 48.0 Å². The number of piperazine rings is 1. The first-order chi connectivity index (χ1) is 19.5. The normalized spacial score (nSPS) is 13.9. The monoisotopic (exact) mass is 576 g/mol. The van der Waals surface area contributed by atoms with Gasteiger partial charge in [0, 0.05) is 36.9 Å². The first kappa shape index (κ1) is 28.3. The van der Waals surface area contributed by atoms with Gasteiger partial charge in [-0.2, -0.15) is 0 Å². The number of esters is 1. The molecule has 0 spiro atoms. The van der Waals surface area contributed by atoms with Crippen LogP contribution < -0.4 is 10.6 Å². The number of methoxy groups -OCH3 is 1. The Hall–Kier alpha value is -4.24. The number of anilines is 1. The van der Waals surface area contributed by atoms with Gasteiger partial charge in [-0.3, -0.25) is 9.13 Å². The molecule has 2 heterocycles. The number of benzene rings is 3. The molecule has 0 bridgehead atoms. The van der Waals surface area contributed by atoms with Gasteiger partial charge in [-0.15, -0.1) is 0 Å². The van der Waals surface area contributed by atoms with Crippen molar-refractivity contribution in [2.24, 2.45) is 0 Å². The third-order valence-corrected chi connectivity index (χ3v) is 7.22. The minimum absolute atomic E-state index is 0.218. The molecule has 0 N–H and O–H groups in total. The summed E-state index contributed by atoms with van der Waals surface area (Å²) in [6.45, 7) is 8.36. The van der Waals surface area contributed by atoms with Crippen molar-refractivity contribution in [3.8, 4) is 5.69 Å². The Morgan fingerprint density at radius 3 is 2.22 bits per heavy atom. The third-order valence-electron chi connectivity index (χ3n) is 6.98. The number of rotatable bonds is 5. The van der Waals surface area contributed by atoms with Gasteiger partial charge in [0.05, 0.1) is 35.9 Å². The maximum atomic E-state index is 13.8. The molecular formula is C31H33ClN4O5. The van der Waals surface area contributed by atoms with Gasteiger partial charge in [0.2, 0.25) is 0 Å². The highest BCUT2D eigenvalue weighted by atomic mass is 35.5. The van der Waals surface area contributed by atoms with Crippen molar-refractivity contribution in [1.29, 1.82) is 0 Å². The molecule has 1 aromatic heterocycles. The van der Waals surface area contributed by atoms with Gasteiger partial charge in [0.1, 0.15) is 5.60 Å². The predicted molar refractivity (Wildman–Crippen MR) is 159 cm³/mol. The largest absolute Gasteiger partial charge is 0.465 e. The second-order valence-corrected chi connectivity index (χ2v) is 11.4. The summed E-state index contributed by atoms with van der Waals surface area (Å²) in [5.74, 6) is -0.431. The molecule has 214 valence electrons. The summed E-state index contributed by atoms with van der Waals surface area (Å²) in [4.78, 5) is 42.2. The zero-order valence-electron chi connectivity index (χ0n) is 23.6. The molecule has 0 radical (unpaired) electrons. The number of carbonyl (C=O) groups excluding carboxylic acids is 2. The molecule has 9 nitrogen and oxygen atoms in total. The van der Waals surface area contributed by atoms with E-state index in [9.17, 15) is 14.4 Å². The van der Waals surface area contributed by atoms with Crippen LogP contribution in [0.15, 0.2) is 71.5 Å². The van der Waals surface area contributed by atoms with E-state index in [1.54, 1.807) is 44.4 Å². The van der Waals surface area contributed by atoms with Crippen LogP contribution >= 0.6 is 11.6 Å². The topological polar surface area (TPSA) is 86.0 Å². The second kappa shape index (κ2) is 11.3. The van der Waals surface area contributed by atoms with E-state index < -0.39 is 11.6 Å². The number of hydrogen-bond acceptors (Lipinski definition) is 6. The molecule has 3 aromatic carbocycles. The Labute approximate surface area is 243 Å². The van der Waals surface area contributed by atoms with Gasteiger partial charge in [0.25, 0.3) is 0 Å². The smallest absolute Gasteiger partial charge is 0.410 e. The molecule has 10 heteroatoms. The maximum absolute atomic E-state index is 13.8. The Kier molecular flexibility index (Phi) is 7.82. The van der Waals surface area contributed by atoms with Crippen LogP contribution in [0.25, 0.3) is 16.7 Å². The quantitative estimate of drug-likeness (QED) is 0.298. The van der Waals surface area contributed by atoms with Crippen molar-refractivity contribution in [1.82, 2.24) is 14.0 Å². The average molecular weight is 577 g/mol. The van der Waals surface area contributed by atoms with Crippen molar-refractivity contribution < 1.29 is 19.1 Å². The summed E-state index contributed by atoms with van der Waals surface area (Å²) in [5.41, 5.74) is 3.60. The molecule has 1 amide bonds. The summed E-state index contributed by atoms with van der Waals surface area (Å²) in [6, 6.07) is 20.2. The minimum atomic E-state index is -0.525. The van der Waals surface area contributed by atoms with Crippen LogP contribution in [0.5, 0.6) is 0 Å². The van der Waals surface area contributed by atoms with E-state index in [4.69, 9.17) is 21.1 Å². The zero-order valence-corrected chi connectivity index (χ0v) is 24.4. The van der Waals surface area contributed by atoms with Crippen LogP contribution in [0, 0.1) is 0 Å². The number of aromatic nitrogens is 2. The Morgan fingerprint density at radius 2 is 1.56 bits per heavy atom.